The van der Waals surface area contributed by atoms with E-state index in [9.17, 15) is 18.5 Å². The van der Waals surface area contributed by atoms with Gasteiger partial charge in [-0.3, -0.25) is 14.8 Å². The molecule has 0 radical (unpaired) electrons. The highest BCUT2D eigenvalue weighted by Crippen LogP contribution is 2.26. The molecular formula is C10H8ClN3O4S2. The molecule has 106 valence electrons. The van der Waals surface area contributed by atoms with Crippen molar-refractivity contribution < 1.29 is 13.3 Å². The molecule has 0 amide bonds. The van der Waals surface area contributed by atoms with E-state index in [1.165, 1.54) is 25.1 Å². The van der Waals surface area contributed by atoms with Crippen LogP contribution in [0.2, 0.25) is 4.47 Å². The average Bonchev–Trinajstić information content (AvgIpc) is 2.75. The molecule has 0 saturated heterocycles. The van der Waals surface area contributed by atoms with E-state index in [4.69, 9.17) is 11.6 Å². The van der Waals surface area contributed by atoms with E-state index in [0.29, 0.717) is 5.56 Å². The van der Waals surface area contributed by atoms with E-state index < -0.39 is 14.9 Å². The lowest BCUT2D eigenvalue weighted by molar-refractivity contribution is -0.385. The zero-order valence-corrected chi connectivity index (χ0v) is 12.4. The summed E-state index contributed by atoms with van der Waals surface area (Å²) in [6, 6.07) is 3.95. The molecule has 20 heavy (non-hydrogen) atoms. The molecule has 0 atom stereocenters. The molecule has 0 bridgehead atoms. The first-order valence-corrected chi connectivity index (χ1v) is 7.86. The van der Waals surface area contributed by atoms with E-state index in [1.807, 2.05) is 0 Å². The summed E-state index contributed by atoms with van der Waals surface area (Å²) in [4.78, 5) is 13.8. The fourth-order valence-electron chi connectivity index (χ4n) is 1.49. The Morgan fingerprint density at radius 3 is 2.65 bits per heavy atom. The molecule has 1 heterocycles. The average molecular weight is 334 g/mol. The summed E-state index contributed by atoms with van der Waals surface area (Å²) >= 11 is 6.41. The first-order valence-electron chi connectivity index (χ1n) is 5.19. The number of nitro benzene ring substituents is 1. The topological polar surface area (TPSA) is 102 Å². The fraction of sp³-hybridized carbons (Fsp3) is 0.100. The summed E-state index contributed by atoms with van der Waals surface area (Å²) in [5.74, 6) is 0. The number of rotatable bonds is 4. The summed E-state index contributed by atoms with van der Waals surface area (Å²) in [5.41, 5.74) is 0.518. The van der Waals surface area contributed by atoms with E-state index in [1.54, 1.807) is 0 Å². The predicted molar refractivity (Wildman–Crippen MR) is 75.8 cm³/mol. The van der Waals surface area contributed by atoms with Gasteiger partial charge in [0.2, 0.25) is 0 Å². The molecule has 2 aromatic rings. The highest BCUT2D eigenvalue weighted by molar-refractivity contribution is 7.94. The van der Waals surface area contributed by atoms with Crippen LogP contribution >= 0.6 is 22.9 Å². The number of anilines is 1. The van der Waals surface area contributed by atoms with E-state index in [-0.39, 0.29) is 20.1 Å². The van der Waals surface area contributed by atoms with Crippen LogP contribution < -0.4 is 4.72 Å². The molecule has 0 aliphatic heterocycles. The number of aromatic nitrogens is 1. The van der Waals surface area contributed by atoms with E-state index >= 15 is 0 Å². The number of hydrogen-bond donors (Lipinski definition) is 1. The van der Waals surface area contributed by atoms with Gasteiger partial charge in [-0.25, -0.2) is 13.4 Å². The van der Waals surface area contributed by atoms with Gasteiger partial charge in [0.25, 0.3) is 15.7 Å². The van der Waals surface area contributed by atoms with Crippen LogP contribution in [0, 0.1) is 17.0 Å². The molecule has 2 rings (SSSR count). The number of nitrogens with one attached hydrogen (secondary N) is 1. The molecular weight excluding hydrogens is 326 g/mol. The van der Waals surface area contributed by atoms with Crippen molar-refractivity contribution in [3.05, 3.63) is 44.5 Å². The Morgan fingerprint density at radius 2 is 2.15 bits per heavy atom. The smallest absolute Gasteiger partial charge is 0.273 e. The molecule has 1 aromatic carbocycles. The first-order chi connectivity index (χ1) is 9.29. The number of aryl methyl sites for hydroxylation is 1. The normalized spacial score (nSPS) is 11.3. The van der Waals surface area contributed by atoms with Crippen LogP contribution in [-0.4, -0.2) is 18.3 Å². The molecule has 0 saturated carbocycles. The second kappa shape index (κ2) is 5.35. The fourth-order valence-corrected chi connectivity index (χ4v) is 3.83. The van der Waals surface area contributed by atoms with Crippen LogP contribution in [0.5, 0.6) is 0 Å². The minimum Gasteiger partial charge on any atom is -0.279 e. The highest BCUT2D eigenvalue weighted by Gasteiger charge is 2.19. The number of sulfonamides is 1. The van der Waals surface area contributed by atoms with Gasteiger partial charge in [-0.15, -0.1) is 0 Å². The van der Waals surface area contributed by atoms with Crippen LogP contribution in [0.4, 0.5) is 11.4 Å². The van der Waals surface area contributed by atoms with E-state index in [0.717, 1.165) is 17.5 Å². The molecule has 0 spiro atoms. The number of halogens is 1. The van der Waals surface area contributed by atoms with Crippen molar-refractivity contribution in [2.75, 3.05) is 4.72 Å². The van der Waals surface area contributed by atoms with Crippen molar-refractivity contribution >= 4 is 44.3 Å². The van der Waals surface area contributed by atoms with Gasteiger partial charge < -0.3 is 0 Å². The maximum Gasteiger partial charge on any atom is 0.273 e. The monoisotopic (exact) mass is 333 g/mol. The van der Waals surface area contributed by atoms with Crippen molar-refractivity contribution in [1.82, 2.24) is 4.98 Å². The highest BCUT2D eigenvalue weighted by atomic mass is 35.5. The largest absolute Gasteiger partial charge is 0.279 e. The van der Waals surface area contributed by atoms with Gasteiger partial charge in [0.05, 0.1) is 11.1 Å². The Kier molecular flexibility index (Phi) is 3.93. The van der Waals surface area contributed by atoms with Crippen molar-refractivity contribution in [2.45, 2.75) is 11.1 Å². The van der Waals surface area contributed by atoms with Crippen LogP contribution in [0.3, 0.4) is 0 Å². The molecule has 7 nitrogen and oxygen atoms in total. The van der Waals surface area contributed by atoms with Crippen molar-refractivity contribution in [3.8, 4) is 0 Å². The summed E-state index contributed by atoms with van der Waals surface area (Å²) < 4.78 is 26.4. The number of thiazole rings is 1. The van der Waals surface area contributed by atoms with Crippen LogP contribution in [0.25, 0.3) is 0 Å². The van der Waals surface area contributed by atoms with Gasteiger partial charge in [-0.05, 0) is 19.1 Å². The third kappa shape index (κ3) is 3.06. The van der Waals surface area contributed by atoms with Gasteiger partial charge in [0.1, 0.15) is 0 Å². The number of nitro groups is 1. The third-order valence-corrected chi connectivity index (χ3v) is 5.32. The maximum atomic E-state index is 12.0. The number of nitrogens with zero attached hydrogens (tertiary/aromatic N) is 2. The zero-order valence-electron chi connectivity index (χ0n) is 10.0. The summed E-state index contributed by atoms with van der Waals surface area (Å²) in [6.07, 6.45) is 1.15. The predicted octanol–water partition coefficient (Wildman–Crippen LogP) is 2.81. The summed E-state index contributed by atoms with van der Waals surface area (Å²) in [5, 5.41) is 10.7. The minimum atomic E-state index is -3.79. The Balaban J connectivity index is 2.30. The summed E-state index contributed by atoms with van der Waals surface area (Å²) in [6.45, 7) is 1.53. The van der Waals surface area contributed by atoms with Crippen LogP contribution in [0.1, 0.15) is 5.56 Å². The Hall–Kier alpha value is -1.71. The molecule has 1 aromatic heterocycles. The number of benzene rings is 1. The molecule has 0 fully saturated rings. The van der Waals surface area contributed by atoms with Crippen LogP contribution in [0.15, 0.2) is 28.6 Å². The van der Waals surface area contributed by atoms with Gasteiger partial charge in [-0.1, -0.05) is 22.9 Å². The second-order valence-corrected chi connectivity index (χ2v) is 7.32. The Labute approximate surface area is 123 Å². The van der Waals surface area contributed by atoms with Gasteiger partial charge in [0.15, 0.2) is 8.68 Å². The molecule has 0 aliphatic rings. The molecule has 0 aliphatic carbocycles. The Bertz CT molecular complexity index is 773. The van der Waals surface area contributed by atoms with E-state index in [2.05, 4.69) is 9.71 Å². The number of hydrogen-bond acceptors (Lipinski definition) is 6. The summed E-state index contributed by atoms with van der Waals surface area (Å²) in [7, 11) is -3.79. The van der Waals surface area contributed by atoms with Gasteiger partial charge in [-0.2, -0.15) is 0 Å². The quantitative estimate of drug-likeness (QED) is 0.684. The third-order valence-electron chi connectivity index (χ3n) is 2.37. The lowest BCUT2D eigenvalue weighted by Crippen LogP contribution is -2.11. The van der Waals surface area contributed by atoms with Gasteiger partial charge >= 0.3 is 0 Å². The van der Waals surface area contributed by atoms with Crippen molar-refractivity contribution in [2.24, 2.45) is 0 Å². The molecule has 10 heteroatoms. The second-order valence-electron chi connectivity index (χ2n) is 3.80. The molecule has 0 unspecified atom stereocenters. The minimum absolute atomic E-state index is 0.0292. The van der Waals surface area contributed by atoms with Crippen molar-refractivity contribution in [1.29, 1.82) is 0 Å². The SMILES string of the molecule is Cc1cc(NS(=O)(=O)c2cnc(Cl)s2)ccc1[N+](=O)[O-]. The lowest BCUT2D eigenvalue weighted by atomic mass is 10.2. The van der Waals surface area contributed by atoms with Crippen LogP contribution in [-0.2, 0) is 10.0 Å². The Morgan fingerprint density at radius 1 is 1.45 bits per heavy atom. The molecule has 1 N–H and O–H groups in total. The lowest BCUT2D eigenvalue weighted by Gasteiger charge is -2.06. The van der Waals surface area contributed by atoms with Gasteiger partial charge in [0, 0.05) is 17.3 Å². The standard InChI is InChI=1S/C10H8ClN3O4S2/c1-6-4-7(2-3-8(6)14(15)16)13-20(17,18)9-5-12-10(11)19-9/h2-5,13H,1H3. The first kappa shape index (κ1) is 14.7. The zero-order chi connectivity index (χ0) is 14.9. The van der Waals surface area contributed by atoms with Crippen molar-refractivity contribution in [3.63, 3.8) is 0 Å². The maximum absolute atomic E-state index is 12.0.